The monoisotopic (exact) mass is 302 g/mol. The summed E-state index contributed by atoms with van der Waals surface area (Å²) in [6.45, 7) is 4.52. The van der Waals surface area contributed by atoms with Crippen LogP contribution in [0.1, 0.15) is 58.8 Å². The molecule has 0 aromatic rings. The van der Waals surface area contributed by atoms with Crippen molar-refractivity contribution in [1.82, 2.24) is 0 Å². The minimum atomic E-state index is -0.242. The SMILES string of the molecule is C[C@]12CCC3C(CC[C@H]4CC(=O)C=C[C@]34C)C1CCC(=O)O2. The molecule has 0 N–H and O–H groups in total. The Hall–Kier alpha value is -1.12. The first-order valence-corrected chi connectivity index (χ1v) is 8.86. The van der Waals surface area contributed by atoms with Gasteiger partial charge in [-0.3, -0.25) is 9.59 Å². The van der Waals surface area contributed by atoms with Gasteiger partial charge in [0.2, 0.25) is 0 Å². The van der Waals surface area contributed by atoms with Gasteiger partial charge in [-0.15, -0.1) is 0 Å². The summed E-state index contributed by atoms with van der Waals surface area (Å²) in [5.41, 5.74) is -0.0759. The maximum atomic E-state index is 11.8. The third-order valence-electron chi connectivity index (χ3n) is 7.38. The molecule has 2 saturated carbocycles. The molecule has 22 heavy (non-hydrogen) atoms. The lowest BCUT2D eigenvalue weighted by molar-refractivity contribution is -0.197. The van der Waals surface area contributed by atoms with Gasteiger partial charge in [0.15, 0.2) is 5.78 Å². The first-order chi connectivity index (χ1) is 10.4. The molecule has 0 spiro atoms. The Morgan fingerprint density at radius 3 is 2.73 bits per heavy atom. The van der Waals surface area contributed by atoms with Crippen LogP contribution in [0.3, 0.4) is 0 Å². The molecule has 0 aromatic carbocycles. The van der Waals surface area contributed by atoms with Crippen molar-refractivity contribution in [3.05, 3.63) is 12.2 Å². The number of hydrogen-bond acceptors (Lipinski definition) is 3. The van der Waals surface area contributed by atoms with E-state index in [2.05, 4.69) is 19.9 Å². The van der Waals surface area contributed by atoms with Crippen LogP contribution in [0, 0.1) is 29.1 Å². The zero-order valence-electron chi connectivity index (χ0n) is 13.6. The van der Waals surface area contributed by atoms with Gasteiger partial charge in [-0.05, 0) is 68.3 Å². The van der Waals surface area contributed by atoms with E-state index >= 15 is 0 Å². The quantitative estimate of drug-likeness (QED) is 0.641. The molecule has 4 aliphatic rings. The van der Waals surface area contributed by atoms with Gasteiger partial charge in [0.05, 0.1) is 0 Å². The summed E-state index contributed by atoms with van der Waals surface area (Å²) in [7, 11) is 0. The van der Waals surface area contributed by atoms with Crippen LogP contribution in [-0.4, -0.2) is 17.4 Å². The average Bonchev–Trinajstić information content (AvgIpc) is 2.46. The molecule has 1 saturated heterocycles. The molecule has 0 bridgehead atoms. The number of ether oxygens (including phenoxy) is 1. The molecular weight excluding hydrogens is 276 g/mol. The van der Waals surface area contributed by atoms with E-state index in [0.29, 0.717) is 35.9 Å². The van der Waals surface area contributed by atoms with E-state index < -0.39 is 0 Å². The summed E-state index contributed by atoms with van der Waals surface area (Å²) in [5.74, 6) is 2.60. The molecule has 3 aliphatic carbocycles. The number of ketones is 1. The minimum Gasteiger partial charge on any atom is -0.459 e. The standard InChI is InChI=1S/C19H26O3/c1-18-9-7-13(20)11-12(18)3-4-14-15(18)8-10-19(2)16(14)5-6-17(21)22-19/h7,9,12,14-16H,3-6,8,10-11H2,1-2H3/t12-,14?,15?,16?,18-,19-/m0/s1. The highest BCUT2D eigenvalue weighted by Gasteiger charge is 2.58. The molecule has 0 aromatic heterocycles. The van der Waals surface area contributed by atoms with E-state index in [0.717, 1.165) is 32.1 Å². The number of fused-ring (bicyclic) bond motifs is 5. The van der Waals surface area contributed by atoms with Crippen molar-refractivity contribution in [1.29, 1.82) is 0 Å². The van der Waals surface area contributed by atoms with Crippen LogP contribution in [0.4, 0.5) is 0 Å². The maximum Gasteiger partial charge on any atom is 0.306 e. The lowest BCUT2D eigenvalue weighted by Gasteiger charge is -2.59. The highest BCUT2D eigenvalue weighted by atomic mass is 16.6. The number of carbonyl (C=O) groups is 2. The van der Waals surface area contributed by atoms with Crippen LogP contribution in [0.25, 0.3) is 0 Å². The normalized spacial score (nSPS) is 50.6. The van der Waals surface area contributed by atoms with Crippen LogP contribution in [-0.2, 0) is 14.3 Å². The van der Waals surface area contributed by atoms with Gasteiger partial charge in [0, 0.05) is 18.8 Å². The topological polar surface area (TPSA) is 43.4 Å². The summed E-state index contributed by atoms with van der Waals surface area (Å²) >= 11 is 0. The van der Waals surface area contributed by atoms with Crippen molar-refractivity contribution < 1.29 is 14.3 Å². The van der Waals surface area contributed by atoms with Crippen LogP contribution < -0.4 is 0 Å². The number of rotatable bonds is 0. The smallest absolute Gasteiger partial charge is 0.306 e. The highest BCUT2D eigenvalue weighted by Crippen LogP contribution is 2.61. The maximum absolute atomic E-state index is 11.8. The molecule has 3 heteroatoms. The minimum absolute atomic E-state index is 0.0137. The number of hydrogen-bond donors (Lipinski definition) is 0. The Morgan fingerprint density at radius 1 is 1.09 bits per heavy atom. The van der Waals surface area contributed by atoms with Crippen molar-refractivity contribution in [2.45, 2.75) is 64.4 Å². The summed E-state index contributed by atoms with van der Waals surface area (Å²) in [6.07, 6.45) is 10.8. The first kappa shape index (κ1) is 14.5. The Bertz CT molecular complexity index is 551. The summed E-state index contributed by atoms with van der Waals surface area (Å²) < 4.78 is 5.80. The van der Waals surface area contributed by atoms with E-state index in [1.165, 1.54) is 6.42 Å². The summed E-state index contributed by atoms with van der Waals surface area (Å²) in [5, 5.41) is 0. The second-order valence-electron chi connectivity index (χ2n) is 8.38. The van der Waals surface area contributed by atoms with Gasteiger partial charge < -0.3 is 4.74 Å². The molecule has 0 amide bonds. The molecule has 3 fully saturated rings. The van der Waals surface area contributed by atoms with Gasteiger partial charge in [-0.25, -0.2) is 0 Å². The molecular formula is C19H26O3. The number of allylic oxidation sites excluding steroid dienone is 2. The van der Waals surface area contributed by atoms with Crippen LogP contribution in [0.5, 0.6) is 0 Å². The Balaban J connectivity index is 1.66. The van der Waals surface area contributed by atoms with Crippen LogP contribution >= 0.6 is 0 Å². The van der Waals surface area contributed by atoms with Gasteiger partial charge in [-0.1, -0.05) is 13.0 Å². The molecule has 1 heterocycles. The highest BCUT2D eigenvalue weighted by molar-refractivity contribution is 5.91. The van der Waals surface area contributed by atoms with Crippen molar-refractivity contribution in [2.24, 2.45) is 29.1 Å². The fourth-order valence-electron chi connectivity index (χ4n) is 6.15. The van der Waals surface area contributed by atoms with Gasteiger partial charge in [0.1, 0.15) is 5.60 Å². The van der Waals surface area contributed by atoms with Gasteiger partial charge in [-0.2, -0.15) is 0 Å². The Morgan fingerprint density at radius 2 is 1.91 bits per heavy atom. The Labute approximate surface area is 132 Å². The van der Waals surface area contributed by atoms with E-state index in [1.807, 2.05) is 6.08 Å². The molecule has 120 valence electrons. The molecule has 4 rings (SSSR count). The average molecular weight is 302 g/mol. The fourth-order valence-corrected chi connectivity index (χ4v) is 6.15. The molecule has 3 nitrogen and oxygen atoms in total. The van der Waals surface area contributed by atoms with Crippen molar-refractivity contribution in [2.75, 3.05) is 0 Å². The van der Waals surface area contributed by atoms with E-state index in [4.69, 9.17) is 4.74 Å². The van der Waals surface area contributed by atoms with Crippen LogP contribution in [0.15, 0.2) is 12.2 Å². The second-order valence-corrected chi connectivity index (χ2v) is 8.38. The fraction of sp³-hybridized carbons (Fsp3) is 0.789. The predicted molar refractivity (Wildman–Crippen MR) is 83.0 cm³/mol. The number of esters is 1. The van der Waals surface area contributed by atoms with Crippen molar-refractivity contribution in [3.63, 3.8) is 0 Å². The zero-order valence-corrected chi connectivity index (χ0v) is 13.6. The lowest BCUT2D eigenvalue weighted by Crippen LogP contribution is -2.57. The largest absolute Gasteiger partial charge is 0.459 e. The van der Waals surface area contributed by atoms with Crippen LogP contribution in [0.2, 0.25) is 0 Å². The lowest BCUT2D eigenvalue weighted by atomic mass is 9.47. The number of carbonyl (C=O) groups excluding carboxylic acids is 2. The summed E-state index contributed by atoms with van der Waals surface area (Å²) in [6, 6.07) is 0. The van der Waals surface area contributed by atoms with Gasteiger partial charge in [0.25, 0.3) is 0 Å². The van der Waals surface area contributed by atoms with E-state index in [-0.39, 0.29) is 17.0 Å². The second kappa shape index (κ2) is 4.69. The van der Waals surface area contributed by atoms with E-state index in [9.17, 15) is 9.59 Å². The zero-order chi connectivity index (χ0) is 15.5. The Kier molecular flexibility index (Phi) is 3.08. The van der Waals surface area contributed by atoms with E-state index in [1.54, 1.807) is 0 Å². The molecule has 6 atom stereocenters. The van der Waals surface area contributed by atoms with Crippen molar-refractivity contribution in [3.8, 4) is 0 Å². The molecule has 0 radical (unpaired) electrons. The third-order valence-corrected chi connectivity index (χ3v) is 7.38. The third kappa shape index (κ3) is 1.93. The van der Waals surface area contributed by atoms with Crippen molar-refractivity contribution >= 4 is 11.8 Å². The predicted octanol–water partition coefficient (Wildman–Crippen LogP) is 3.67. The summed E-state index contributed by atoms with van der Waals surface area (Å²) in [4.78, 5) is 23.5. The van der Waals surface area contributed by atoms with Gasteiger partial charge >= 0.3 is 5.97 Å². The molecule has 3 unspecified atom stereocenters. The first-order valence-electron chi connectivity index (χ1n) is 8.86. The molecule has 1 aliphatic heterocycles.